The molecule has 2 aliphatic heterocycles. The minimum Gasteiger partial charge on any atom is -0.507 e. The number of rotatable bonds is 2. The summed E-state index contributed by atoms with van der Waals surface area (Å²) in [7, 11) is 0. The molecule has 0 saturated heterocycles. The van der Waals surface area contributed by atoms with Gasteiger partial charge in [-0.3, -0.25) is 14.4 Å². The van der Waals surface area contributed by atoms with Gasteiger partial charge in [-0.1, -0.05) is 30.7 Å². The minimum absolute atomic E-state index is 0.00305. The van der Waals surface area contributed by atoms with Crippen LogP contribution in [0.3, 0.4) is 0 Å². The zero-order valence-corrected chi connectivity index (χ0v) is 23.2. The summed E-state index contributed by atoms with van der Waals surface area (Å²) in [5, 5.41) is 47.6. The fourth-order valence-electron chi connectivity index (χ4n) is 5.33. The SMILES string of the molecule is CC[C@@H]1/C=C/[C@H](O)[C@H](C=C(C)C)OC(=O)[C@@]2(C)C=CC(=O)Nc3c2c(O)c2c(c(O)c(C)cc2c3O)C(=O)CC1. The molecule has 0 radical (unpaired) electrons. The first kappa shape index (κ1) is 28.9. The summed E-state index contributed by atoms with van der Waals surface area (Å²) in [5.41, 5.74) is -1.41. The Hall–Kier alpha value is -4.11. The Labute approximate surface area is 232 Å². The molecule has 0 aliphatic carbocycles. The lowest BCUT2D eigenvalue weighted by molar-refractivity contribution is -0.154. The number of Topliss-reactive ketones (excluding diaryl/α,β-unsaturated/α-hetero) is 1. The van der Waals surface area contributed by atoms with Crippen molar-refractivity contribution in [2.24, 2.45) is 5.92 Å². The van der Waals surface area contributed by atoms with E-state index in [2.05, 4.69) is 5.32 Å². The number of aliphatic hydroxyl groups excluding tert-OH is 1. The second kappa shape index (κ2) is 10.8. The molecule has 2 bridgehead atoms. The molecule has 0 unspecified atom stereocenters. The molecule has 5 N–H and O–H groups in total. The summed E-state index contributed by atoms with van der Waals surface area (Å²) in [6.07, 6.45) is 5.96. The predicted molar refractivity (Wildman–Crippen MR) is 151 cm³/mol. The molecular formula is C31H35NO8. The normalized spacial score (nSPS) is 25.9. The van der Waals surface area contributed by atoms with Gasteiger partial charge in [0.2, 0.25) is 5.91 Å². The average Bonchev–Trinajstić information content (AvgIpc) is 3.03. The van der Waals surface area contributed by atoms with Crippen molar-refractivity contribution in [2.45, 2.75) is 71.5 Å². The Morgan fingerprint density at radius 1 is 1.12 bits per heavy atom. The molecule has 0 spiro atoms. The maximum absolute atomic E-state index is 13.9. The number of phenolic OH excluding ortho intramolecular Hbond substituents is 3. The van der Waals surface area contributed by atoms with E-state index in [4.69, 9.17) is 4.74 Å². The first-order chi connectivity index (χ1) is 18.8. The topological polar surface area (TPSA) is 153 Å². The van der Waals surface area contributed by atoms with Gasteiger partial charge in [0.05, 0.1) is 11.3 Å². The van der Waals surface area contributed by atoms with Crippen molar-refractivity contribution in [1.82, 2.24) is 0 Å². The highest BCUT2D eigenvalue weighted by atomic mass is 16.6. The molecule has 9 nitrogen and oxygen atoms in total. The van der Waals surface area contributed by atoms with Crippen molar-refractivity contribution < 1.29 is 39.5 Å². The molecule has 4 rings (SSSR count). The monoisotopic (exact) mass is 549 g/mol. The average molecular weight is 550 g/mol. The van der Waals surface area contributed by atoms with Gasteiger partial charge >= 0.3 is 5.97 Å². The highest BCUT2D eigenvalue weighted by molar-refractivity contribution is 6.18. The van der Waals surface area contributed by atoms with Gasteiger partial charge < -0.3 is 30.5 Å². The van der Waals surface area contributed by atoms with Crippen LogP contribution in [0, 0.1) is 12.8 Å². The lowest BCUT2D eigenvalue weighted by Gasteiger charge is -2.30. The van der Waals surface area contributed by atoms with Crippen molar-refractivity contribution in [2.75, 3.05) is 5.32 Å². The number of anilines is 1. The fraction of sp³-hybridized carbons (Fsp3) is 0.387. The van der Waals surface area contributed by atoms with E-state index in [0.717, 1.165) is 11.6 Å². The Balaban J connectivity index is 2.11. The molecule has 0 aromatic heterocycles. The smallest absolute Gasteiger partial charge is 0.321 e. The number of esters is 1. The third kappa shape index (κ3) is 4.97. The lowest BCUT2D eigenvalue weighted by atomic mass is 9.78. The number of benzene rings is 2. The Morgan fingerprint density at radius 3 is 2.48 bits per heavy atom. The first-order valence-electron chi connectivity index (χ1n) is 13.3. The fourth-order valence-corrected chi connectivity index (χ4v) is 5.33. The van der Waals surface area contributed by atoms with Gasteiger partial charge in [0.25, 0.3) is 0 Å². The number of allylic oxidation sites excluding steroid dienone is 2. The van der Waals surface area contributed by atoms with Crippen molar-refractivity contribution in [3.05, 3.63) is 58.7 Å². The van der Waals surface area contributed by atoms with Gasteiger partial charge in [0, 0.05) is 28.8 Å². The van der Waals surface area contributed by atoms with Crippen LogP contribution in [-0.4, -0.2) is 50.3 Å². The van der Waals surface area contributed by atoms with Gasteiger partial charge in [0.1, 0.15) is 34.9 Å². The summed E-state index contributed by atoms with van der Waals surface area (Å²) < 4.78 is 5.81. The van der Waals surface area contributed by atoms with Crippen LogP contribution in [0.25, 0.3) is 10.8 Å². The number of amides is 1. The van der Waals surface area contributed by atoms with Gasteiger partial charge in [-0.2, -0.15) is 0 Å². The number of carbonyl (C=O) groups is 3. The zero-order valence-electron chi connectivity index (χ0n) is 23.2. The molecule has 212 valence electrons. The summed E-state index contributed by atoms with van der Waals surface area (Å²) in [4.78, 5) is 40.1. The first-order valence-corrected chi connectivity index (χ1v) is 13.3. The molecule has 2 aliphatic rings. The molecule has 2 heterocycles. The Bertz CT molecular complexity index is 1500. The van der Waals surface area contributed by atoms with E-state index in [1.807, 2.05) is 6.92 Å². The van der Waals surface area contributed by atoms with Gasteiger partial charge in [0.15, 0.2) is 5.78 Å². The van der Waals surface area contributed by atoms with Crippen molar-refractivity contribution in [3.63, 3.8) is 0 Å². The number of nitrogens with one attached hydrogen (secondary N) is 1. The summed E-state index contributed by atoms with van der Waals surface area (Å²) in [6.45, 7) is 8.47. The minimum atomic E-state index is -1.85. The molecule has 0 fully saturated rings. The van der Waals surface area contributed by atoms with E-state index < -0.39 is 46.8 Å². The summed E-state index contributed by atoms with van der Waals surface area (Å²) in [5.74, 6) is -3.55. The van der Waals surface area contributed by atoms with Crippen molar-refractivity contribution >= 4 is 34.1 Å². The molecule has 1 amide bonds. The summed E-state index contributed by atoms with van der Waals surface area (Å²) in [6, 6.07) is 1.41. The number of aryl methyl sites for hydroxylation is 1. The maximum Gasteiger partial charge on any atom is 0.321 e. The van der Waals surface area contributed by atoms with Gasteiger partial charge in [-0.05, 0) is 64.2 Å². The van der Waals surface area contributed by atoms with Crippen molar-refractivity contribution in [3.8, 4) is 17.2 Å². The third-order valence-electron chi connectivity index (χ3n) is 7.67. The van der Waals surface area contributed by atoms with Crippen LogP contribution in [-0.2, 0) is 19.7 Å². The summed E-state index contributed by atoms with van der Waals surface area (Å²) >= 11 is 0. The van der Waals surface area contributed by atoms with Crippen LogP contribution in [0.4, 0.5) is 5.69 Å². The Kier molecular flexibility index (Phi) is 7.81. The van der Waals surface area contributed by atoms with E-state index >= 15 is 0 Å². The maximum atomic E-state index is 13.9. The third-order valence-corrected chi connectivity index (χ3v) is 7.67. The highest BCUT2D eigenvalue weighted by Crippen LogP contribution is 2.53. The van der Waals surface area contributed by atoms with Gasteiger partial charge in [-0.15, -0.1) is 0 Å². The number of carbonyl (C=O) groups excluding carboxylic acids is 3. The highest BCUT2D eigenvalue weighted by Gasteiger charge is 2.44. The number of aliphatic hydroxyl groups is 1. The van der Waals surface area contributed by atoms with Crippen LogP contribution in [0.5, 0.6) is 17.2 Å². The molecule has 0 saturated carbocycles. The number of phenols is 3. The standard InChI is InChI=1S/C31H35NO8/c1-6-17-7-9-19(33)21(13-15(2)3)40-30(39)31(5)12-11-22(35)32-26-25(31)29(38)23-18(28(26)37)14-16(4)27(36)24(23)20(34)10-8-17/h7,9,11-14,17,19,21,33,36-38H,6,8,10H2,1-5H3,(H,32,35)/b9-7+/t17-,19+,21+,31+/m1/s1. The quantitative estimate of drug-likeness (QED) is 0.155. The van der Waals surface area contributed by atoms with Crippen LogP contribution in [0.1, 0.15) is 68.4 Å². The molecule has 2 aromatic carbocycles. The molecule has 4 atom stereocenters. The second-order valence-corrected chi connectivity index (χ2v) is 10.9. The van der Waals surface area contributed by atoms with Crippen LogP contribution in [0.2, 0.25) is 0 Å². The van der Waals surface area contributed by atoms with Gasteiger partial charge in [-0.25, -0.2) is 0 Å². The van der Waals surface area contributed by atoms with E-state index in [1.54, 1.807) is 32.9 Å². The Morgan fingerprint density at radius 2 is 1.82 bits per heavy atom. The zero-order chi connectivity index (χ0) is 29.5. The van der Waals surface area contributed by atoms with Crippen LogP contribution in [0.15, 0.2) is 42.0 Å². The van der Waals surface area contributed by atoms with Crippen molar-refractivity contribution in [1.29, 1.82) is 0 Å². The number of hydrogen-bond donors (Lipinski definition) is 5. The van der Waals surface area contributed by atoms with E-state index in [1.165, 1.54) is 25.1 Å². The largest absolute Gasteiger partial charge is 0.507 e. The number of aromatic hydroxyl groups is 3. The van der Waals surface area contributed by atoms with Crippen LogP contribution >= 0.6 is 0 Å². The number of hydrogen-bond acceptors (Lipinski definition) is 8. The predicted octanol–water partition coefficient (Wildman–Crippen LogP) is 4.83. The molecule has 40 heavy (non-hydrogen) atoms. The molecular weight excluding hydrogens is 514 g/mol. The number of ketones is 1. The van der Waals surface area contributed by atoms with E-state index in [0.29, 0.717) is 12.8 Å². The number of cyclic esters (lactones) is 1. The molecule has 2 aromatic rings. The number of ether oxygens (including phenoxy) is 1. The van der Waals surface area contributed by atoms with E-state index in [9.17, 15) is 34.8 Å². The molecule has 9 heteroatoms. The second-order valence-electron chi connectivity index (χ2n) is 10.9. The lowest BCUT2D eigenvalue weighted by Crippen LogP contribution is -2.38. The van der Waals surface area contributed by atoms with E-state index in [-0.39, 0.29) is 51.2 Å². The van der Waals surface area contributed by atoms with Crippen LogP contribution < -0.4 is 5.32 Å².